The number of aliphatic hydroxyl groups is 1. The Morgan fingerprint density at radius 3 is 2.49 bits per heavy atom. The van der Waals surface area contributed by atoms with Gasteiger partial charge in [0.25, 0.3) is 5.91 Å². The zero-order valence-corrected chi connectivity index (χ0v) is 24.4. The number of nitrogens with zero attached hydrogens (tertiary/aromatic N) is 2. The van der Waals surface area contributed by atoms with Crippen LogP contribution in [0, 0.1) is 11.8 Å². The minimum Gasteiger partial charge on any atom is -0.465 e. The van der Waals surface area contributed by atoms with Gasteiger partial charge in [-0.3, -0.25) is 14.4 Å². The summed E-state index contributed by atoms with van der Waals surface area (Å²) in [5.41, 5.74) is 1.38. The lowest BCUT2D eigenvalue weighted by atomic mass is 9.74. The smallest absolute Gasteiger partial charge is 0.311 e. The number of carbonyl (C=O) groups is 3. The van der Waals surface area contributed by atoms with E-state index in [9.17, 15) is 19.5 Å². The van der Waals surface area contributed by atoms with E-state index in [-0.39, 0.29) is 18.4 Å². The van der Waals surface area contributed by atoms with Gasteiger partial charge >= 0.3 is 5.97 Å². The summed E-state index contributed by atoms with van der Waals surface area (Å²) < 4.78 is 3.95. The van der Waals surface area contributed by atoms with Gasteiger partial charge in [-0.2, -0.15) is 0 Å². The van der Waals surface area contributed by atoms with Gasteiger partial charge in [-0.15, -0.1) is 11.8 Å². The van der Waals surface area contributed by atoms with E-state index >= 15 is 0 Å². The molecule has 0 radical (unpaired) electrons. The number of thioether (sulfide) groups is 1. The fourth-order valence-electron chi connectivity index (χ4n) is 6.95. The number of hydrogen-bond donors (Lipinski definition) is 1. The van der Waals surface area contributed by atoms with E-state index in [4.69, 9.17) is 16.3 Å². The quantitative estimate of drug-likeness (QED) is 0.399. The van der Waals surface area contributed by atoms with Crippen molar-refractivity contribution in [1.82, 2.24) is 4.90 Å². The summed E-state index contributed by atoms with van der Waals surface area (Å²) in [7, 11) is 0. The second kappa shape index (κ2) is 11.0. The van der Waals surface area contributed by atoms with Gasteiger partial charge < -0.3 is 19.6 Å². The van der Waals surface area contributed by atoms with Crippen LogP contribution in [0.4, 0.5) is 5.69 Å². The zero-order chi connectivity index (χ0) is 28.8. The highest BCUT2D eigenvalue weighted by Gasteiger charge is 2.74. The van der Waals surface area contributed by atoms with E-state index < -0.39 is 39.4 Å². The molecule has 4 heterocycles. The Bertz CT molecular complexity index is 1400. The predicted molar refractivity (Wildman–Crippen MR) is 160 cm³/mol. The molecule has 2 aromatic carbocycles. The number of hydrogen-bond acceptors (Lipinski definition) is 6. The lowest BCUT2D eigenvalue weighted by Gasteiger charge is -2.40. The number of amides is 2. The molecule has 0 saturated carbocycles. The molecule has 7 nitrogen and oxygen atoms in total. The molecule has 2 fully saturated rings. The number of anilines is 1. The van der Waals surface area contributed by atoms with Gasteiger partial charge in [0.05, 0.1) is 35.8 Å². The number of rotatable bonds is 4. The molecule has 1 spiro atoms. The van der Waals surface area contributed by atoms with Crippen LogP contribution >= 0.6 is 23.4 Å². The van der Waals surface area contributed by atoms with Crippen LogP contribution in [0.3, 0.4) is 0 Å². The van der Waals surface area contributed by atoms with Crippen LogP contribution in [0.1, 0.15) is 37.8 Å². The molecule has 6 rings (SSSR count). The van der Waals surface area contributed by atoms with Gasteiger partial charge in [-0.05, 0) is 56.0 Å². The van der Waals surface area contributed by atoms with Crippen molar-refractivity contribution in [3.8, 4) is 0 Å². The van der Waals surface area contributed by atoms with Crippen LogP contribution in [-0.2, 0) is 19.1 Å². The van der Waals surface area contributed by atoms with Crippen LogP contribution in [0.2, 0.25) is 5.02 Å². The molecule has 6 atom stereocenters. The van der Waals surface area contributed by atoms with Crippen molar-refractivity contribution in [3.63, 3.8) is 0 Å². The summed E-state index contributed by atoms with van der Waals surface area (Å²) in [6.07, 6.45) is 10.5. The van der Waals surface area contributed by atoms with Crippen molar-refractivity contribution >= 4 is 46.8 Å². The monoisotopic (exact) mass is 592 g/mol. The second-order valence-electron chi connectivity index (χ2n) is 11.2. The van der Waals surface area contributed by atoms with Crippen molar-refractivity contribution < 1.29 is 24.2 Å². The number of aliphatic hydroxyl groups excluding tert-OH is 1. The fourth-order valence-corrected chi connectivity index (χ4v) is 9.22. The Hall–Kier alpha value is -3.07. The third-order valence-electron chi connectivity index (χ3n) is 8.77. The van der Waals surface area contributed by atoms with Crippen molar-refractivity contribution in [2.24, 2.45) is 11.8 Å². The highest BCUT2D eigenvalue weighted by molar-refractivity contribution is 8.02. The first kappa shape index (κ1) is 28.1. The molecule has 2 amide bonds. The molecule has 0 aliphatic carbocycles. The molecule has 1 unspecified atom stereocenters. The van der Waals surface area contributed by atoms with E-state index in [0.717, 1.165) is 24.8 Å². The average molecular weight is 593 g/mol. The number of halogens is 1. The first-order chi connectivity index (χ1) is 19.8. The molecule has 9 heteroatoms. The Labute approximate surface area is 249 Å². The molecule has 2 saturated heterocycles. The average Bonchev–Trinajstić information content (AvgIpc) is 3.30. The molecule has 1 N–H and O–H groups in total. The van der Waals surface area contributed by atoms with Crippen molar-refractivity contribution in [3.05, 3.63) is 89.5 Å². The number of benzene rings is 2. The minimum absolute atomic E-state index is 0.264. The van der Waals surface area contributed by atoms with Crippen LogP contribution in [0.15, 0.2) is 78.9 Å². The fraction of sp³-hybridized carbons (Fsp3) is 0.406. The van der Waals surface area contributed by atoms with Crippen LogP contribution in [0.25, 0.3) is 0 Å². The first-order valence-corrected chi connectivity index (χ1v) is 15.3. The summed E-state index contributed by atoms with van der Waals surface area (Å²) >= 11 is 7.65. The number of cyclic esters (lactones) is 1. The van der Waals surface area contributed by atoms with E-state index in [2.05, 4.69) is 6.08 Å². The van der Waals surface area contributed by atoms with Gasteiger partial charge in [0.1, 0.15) is 6.04 Å². The van der Waals surface area contributed by atoms with Gasteiger partial charge in [-0.1, -0.05) is 66.2 Å². The topological polar surface area (TPSA) is 87.1 Å². The van der Waals surface area contributed by atoms with E-state index in [1.165, 1.54) is 11.8 Å². The van der Waals surface area contributed by atoms with Crippen LogP contribution in [-0.4, -0.2) is 63.1 Å². The number of ether oxygens (including phenoxy) is 1. The Kier molecular flexibility index (Phi) is 7.51. The molecule has 4 aliphatic rings. The van der Waals surface area contributed by atoms with Crippen molar-refractivity contribution in [2.75, 3.05) is 24.7 Å². The largest absolute Gasteiger partial charge is 0.465 e. The molecule has 0 aromatic heterocycles. The lowest BCUT2D eigenvalue weighted by Crippen LogP contribution is -2.54. The predicted octanol–water partition coefficient (Wildman–Crippen LogP) is 4.95. The maximum atomic E-state index is 14.7. The summed E-state index contributed by atoms with van der Waals surface area (Å²) in [6.45, 7) is 2.20. The maximum absolute atomic E-state index is 14.7. The summed E-state index contributed by atoms with van der Waals surface area (Å²) in [6, 6.07) is 14.6. The van der Waals surface area contributed by atoms with Crippen LogP contribution in [0.5, 0.6) is 0 Å². The Morgan fingerprint density at radius 2 is 1.76 bits per heavy atom. The van der Waals surface area contributed by atoms with Gasteiger partial charge in [-0.25, -0.2) is 0 Å². The molecule has 41 heavy (non-hydrogen) atoms. The summed E-state index contributed by atoms with van der Waals surface area (Å²) in [4.78, 5) is 46.4. The van der Waals surface area contributed by atoms with Crippen LogP contribution < -0.4 is 4.90 Å². The van der Waals surface area contributed by atoms with Gasteiger partial charge in [0.15, 0.2) is 0 Å². The molecular weight excluding hydrogens is 560 g/mol. The second-order valence-corrected chi connectivity index (χ2v) is 13.5. The highest BCUT2D eigenvalue weighted by Crippen LogP contribution is 2.66. The standard InChI is InChI=1S/C32H33ClN2O5S/c1-31-16-7-2-3-8-19-40-30(39)26(31)25-28(37)35(24(20-36)21-10-5-4-6-11-21)27-29(38)34(18-9-17-32(25,27)41-31)23-14-12-22(33)13-15-23/h4-7,9-17,24-27,36H,2-3,8,18-20H2,1H3/b16-7-/t24-,25+,26+,27?,31-,32+/m1/s1. The number of allylic oxidation sites excluding steroid dienone is 1. The number of likely N-dealkylation sites (tertiary alicyclic amines) is 1. The highest BCUT2D eigenvalue weighted by atomic mass is 35.5. The van der Waals surface area contributed by atoms with Crippen molar-refractivity contribution in [1.29, 1.82) is 0 Å². The van der Waals surface area contributed by atoms with E-state index in [1.807, 2.05) is 55.5 Å². The van der Waals surface area contributed by atoms with E-state index in [0.29, 0.717) is 23.9 Å². The van der Waals surface area contributed by atoms with Gasteiger partial charge in [0, 0.05) is 22.0 Å². The molecule has 2 aromatic rings. The first-order valence-electron chi connectivity index (χ1n) is 14.1. The third-order valence-corrected chi connectivity index (χ3v) is 10.8. The molecule has 214 valence electrons. The number of esters is 1. The number of fused-ring (bicyclic) bond motifs is 2. The SMILES string of the molecule is C[C@@]12/C=C\CCCCOC(=O)[C@@H]1[C@H]1C(=O)N([C@H](CO)c3ccccc3)C3C(=O)N(c4ccc(Cl)cc4)CC=C[C@@]31S2. The Morgan fingerprint density at radius 1 is 1.00 bits per heavy atom. The van der Waals surface area contributed by atoms with E-state index in [1.54, 1.807) is 34.1 Å². The normalized spacial score (nSPS) is 33.0. The number of carbonyl (C=O) groups excluding carboxylic acids is 3. The minimum atomic E-state index is -1.05. The zero-order valence-electron chi connectivity index (χ0n) is 22.8. The summed E-state index contributed by atoms with van der Waals surface area (Å²) in [5, 5.41) is 11.3. The maximum Gasteiger partial charge on any atom is 0.311 e. The molecule has 4 aliphatic heterocycles. The van der Waals surface area contributed by atoms with Crippen molar-refractivity contribution in [2.45, 2.75) is 47.8 Å². The Balaban J connectivity index is 1.53. The molecular formula is C32H33ClN2O5S. The lowest BCUT2D eigenvalue weighted by molar-refractivity contribution is -0.154. The molecule has 0 bridgehead atoms. The third kappa shape index (κ3) is 4.60. The summed E-state index contributed by atoms with van der Waals surface area (Å²) in [5.74, 6) is -2.64. The van der Waals surface area contributed by atoms with Gasteiger partial charge in [0.2, 0.25) is 5.91 Å².